The molecule has 0 unspecified atom stereocenters. The van der Waals surface area contributed by atoms with E-state index < -0.39 is 11.6 Å². The first-order chi connectivity index (χ1) is 12.6. The molecule has 0 aliphatic carbocycles. The Balaban J connectivity index is 1.92. The molecule has 0 bridgehead atoms. The van der Waals surface area contributed by atoms with Gasteiger partial charge in [0, 0.05) is 27.6 Å². The van der Waals surface area contributed by atoms with E-state index in [-0.39, 0.29) is 29.3 Å². The van der Waals surface area contributed by atoms with E-state index in [0.717, 1.165) is 6.08 Å². The molecule has 3 rings (SSSR count). The topological polar surface area (TPSA) is 75.0 Å². The molecule has 2 aromatic carbocycles. The van der Waals surface area contributed by atoms with Crippen molar-refractivity contribution in [3.63, 3.8) is 0 Å². The van der Waals surface area contributed by atoms with Crippen LogP contribution >= 0.6 is 0 Å². The molecule has 1 heterocycles. The van der Waals surface area contributed by atoms with Gasteiger partial charge in [-0.1, -0.05) is 24.8 Å². The van der Waals surface area contributed by atoms with Crippen LogP contribution in [0.15, 0.2) is 70.4 Å². The average Bonchev–Trinajstić information content (AvgIpc) is 2.67. The lowest BCUT2D eigenvalue weighted by Gasteiger charge is -2.08. The zero-order valence-corrected chi connectivity index (χ0v) is 13.4. The number of benzene rings is 2. The van der Waals surface area contributed by atoms with E-state index in [1.165, 1.54) is 12.1 Å². The van der Waals surface area contributed by atoms with Gasteiger partial charge in [-0.3, -0.25) is 4.94 Å². The molecule has 7 heteroatoms. The second-order valence-corrected chi connectivity index (χ2v) is 5.15. The van der Waals surface area contributed by atoms with E-state index in [9.17, 15) is 14.1 Å². The first-order valence-electron chi connectivity index (χ1n) is 7.50. The van der Waals surface area contributed by atoms with Gasteiger partial charge >= 0.3 is 11.6 Å². The third kappa shape index (κ3) is 3.56. The van der Waals surface area contributed by atoms with E-state index in [0.29, 0.717) is 11.1 Å². The van der Waals surface area contributed by atoms with Crippen molar-refractivity contribution >= 4 is 16.9 Å². The van der Waals surface area contributed by atoms with E-state index in [4.69, 9.17) is 13.9 Å². The highest BCUT2D eigenvalue weighted by molar-refractivity contribution is 5.84. The van der Waals surface area contributed by atoms with Crippen LogP contribution in [-0.4, -0.2) is 12.8 Å². The molecule has 6 nitrogen and oxygen atoms in total. The van der Waals surface area contributed by atoms with Crippen molar-refractivity contribution in [1.29, 1.82) is 0 Å². The van der Waals surface area contributed by atoms with Gasteiger partial charge in [0.25, 0.3) is 0 Å². The number of ether oxygens (including phenoxy) is 2. The third-order valence-corrected chi connectivity index (χ3v) is 3.56. The van der Waals surface area contributed by atoms with Crippen molar-refractivity contribution in [2.24, 2.45) is 0 Å². The van der Waals surface area contributed by atoms with Gasteiger partial charge in [-0.05, 0) is 24.3 Å². The maximum atomic E-state index is 12.7. The number of carbonyl (C=O) groups is 1. The molecule has 0 saturated carbocycles. The molecule has 0 N–H and O–H groups in total. The highest BCUT2D eigenvalue weighted by Crippen LogP contribution is 2.30. The van der Waals surface area contributed by atoms with Crippen molar-refractivity contribution in [2.45, 2.75) is 0 Å². The Morgan fingerprint density at radius 1 is 1.15 bits per heavy atom. The molecule has 0 aliphatic rings. The summed E-state index contributed by atoms with van der Waals surface area (Å²) in [4.78, 5) is 27.1. The normalized spacial score (nSPS) is 10.3. The monoisotopic (exact) mass is 356 g/mol. The predicted molar refractivity (Wildman–Crippen MR) is 91.4 cm³/mol. The minimum Gasteiger partial charge on any atom is -0.457 e. The number of hydrogen-bond acceptors (Lipinski definition) is 6. The highest BCUT2D eigenvalue weighted by atomic mass is 19.3. The second kappa shape index (κ2) is 7.52. The van der Waals surface area contributed by atoms with Crippen LogP contribution in [0.25, 0.3) is 22.1 Å². The number of carbonyl (C=O) groups excluding carboxylic acids is 1. The fourth-order valence-electron chi connectivity index (χ4n) is 2.34. The van der Waals surface area contributed by atoms with E-state index in [1.807, 2.05) is 0 Å². The zero-order chi connectivity index (χ0) is 18.5. The first kappa shape index (κ1) is 17.2. The maximum absolute atomic E-state index is 12.7. The molecule has 0 radical (unpaired) electrons. The van der Waals surface area contributed by atoms with Crippen LogP contribution in [-0.2, 0) is 9.53 Å². The van der Waals surface area contributed by atoms with Crippen LogP contribution in [0.2, 0.25) is 0 Å². The predicted octanol–water partition coefficient (Wildman–Crippen LogP) is 3.79. The Kier molecular flexibility index (Phi) is 4.98. The summed E-state index contributed by atoms with van der Waals surface area (Å²) in [7, 11) is 0. The molecular formula is C19H13FO6. The molecular weight excluding hydrogens is 343 g/mol. The third-order valence-electron chi connectivity index (χ3n) is 3.56. The Bertz CT molecular complexity index is 1020. The van der Waals surface area contributed by atoms with Crippen molar-refractivity contribution in [3.05, 3.63) is 71.6 Å². The van der Waals surface area contributed by atoms with Crippen LogP contribution in [0.4, 0.5) is 4.53 Å². The van der Waals surface area contributed by atoms with Crippen LogP contribution < -0.4 is 15.3 Å². The average molecular weight is 356 g/mol. The Morgan fingerprint density at radius 3 is 2.73 bits per heavy atom. The Labute approximate surface area is 146 Å². The number of para-hydroxylation sites is 1. The molecule has 132 valence electrons. The largest absolute Gasteiger partial charge is 0.457 e. The van der Waals surface area contributed by atoms with Gasteiger partial charge < -0.3 is 13.9 Å². The lowest BCUT2D eigenvalue weighted by Crippen LogP contribution is -2.07. The van der Waals surface area contributed by atoms with E-state index in [2.05, 4.69) is 11.5 Å². The van der Waals surface area contributed by atoms with Crippen LogP contribution in [0.5, 0.6) is 11.5 Å². The molecule has 1 aromatic heterocycles. The van der Waals surface area contributed by atoms with Crippen LogP contribution in [0, 0.1) is 0 Å². The summed E-state index contributed by atoms with van der Waals surface area (Å²) >= 11 is 0. The Morgan fingerprint density at radius 2 is 1.96 bits per heavy atom. The lowest BCUT2D eigenvalue weighted by molar-refractivity contribution is -0.144. The van der Waals surface area contributed by atoms with Crippen LogP contribution in [0.1, 0.15) is 0 Å². The number of fused-ring (bicyclic) bond motifs is 1. The van der Waals surface area contributed by atoms with Gasteiger partial charge in [-0.2, -0.15) is 0 Å². The summed E-state index contributed by atoms with van der Waals surface area (Å²) in [6, 6.07) is 12.5. The molecule has 0 amide bonds. The van der Waals surface area contributed by atoms with Gasteiger partial charge in [0.15, 0.2) is 5.75 Å². The fraction of sp³-hybridized carbons (Fsp3) is 0.0526. The summed E-state index contributed by atoms with van der Waals surface area (Å²) in [6.45, 7) is 2.96. The Hall–Kier alpha value is -3.61. The summed E-state index contributed by atoms with van der Waals surface area (Å²) in [5.74, 6) is -0.350. The maximum Gasteiger partial charge on any atom is 0.344 e. The van der Waals surface area contributed by atoms with Gasteiger partial charge in [0.2, 0.25) is 6.79 Å². The summed E-state index contributed by atoms with van der Waals surface area (Å²) in [5.41, 5.74) is 0.0591. The minimum atomic E-state index is -0.655. The number of esters is 1. The molecule has 26 heavy (non-hydrogen) atoms. The molecule has 0 fully saturated rings. The molecule has 3 aromatic rings. The van der Waals surface area contributed by atoms with Gasteiger partial charge in [-0.25, -0.2) is 9.59 Å². The molecule has 0 aliphatic heterocycles. The minimum absolute atomic E-state index is 0.0804. The van der Waals surface area contributed by atoms with Crippen molar-refractivity contribution in [2.75, 3.05) is 6.79 Å². The standard InChI is InChI=1S/C19H13FO6/c1-2-18(21)24-11-23-13-8-7-12-9-15(19(22)25-17(12)10-13)14-5-3-4-6-16(14)26-20/h2-10H,1,11H2. The summed E-state index contributed by atoms with van der Waals surface area (Å²) in [6.07, 6.45) is 1.02. The molecule has 0 saturated heterocycles. The second-order valence-electron chi connectivity index (χ2n) is 5.15. The summed E-state index contributed by atoms with van der Waals surface area (Å²) in [5, 5.41) is 0.601. The SMILES string of the molecule is C=CC(=O)OCOc1ccc2cc(-c3ccccc3OF)c(=O)oc2c1. The number of rotatable bonds is 6. The first-order valence-corrected chi connectivity index (χ1v) is 7.50. The van der Waals surface area contributed by atoms with Gasteiger partial charge in [-0.15, -0.1) is 0 Å². The van der Waals surface area contributed by atoms with Crippen molar-refractivity contribution in [3.8, 4) is 22.6 Å². The lowest BCUT2D eigenvalue weighted by atomic mass is 10.1. The van der Waals surface area contributed by atoms with Gasteiger partial charge in [0.1, 0.15) is 11.3 Å². The smallest absolute Gasteiger partial charge is 0.344 e. The van der Waals surface area contributed by atoms with Crippen molar-refractivity contribution in [1.82, 2.24) is 0 Å². The molecule has 0 atom stereocenters. The highest BCUT2D eigenvalue weighted by Gasteiger charge is 2.13. The van der Waals surface area contributed by atoms with Crippen LogP contribution in [0.3, 0.4) is 0 Å². The van der Waals surface area contributed by atoms with Crippen molar-refractivity contribution < 1.29 is 28.2 Å². The summed E-state index contributed by atoms with van der Waals surface area (Å²) < 4.78 is 27.9. The quantitative estimate of drug-likeness (QED) is 0.290. The number of hydrogen-bond donors (Lipinski definition) is 0. The van der Waals surface area contributed by atoms with E-state index >= 15 is 0 Å². The van der Waals surface area contributed by atoms with E-state index in [1.54, 1.807) is 36.4 Å². The fourth-order valence-corrected chi connectivity index (χ4v) is 2.34. The van der Waals surface area contributed by atoms with Gasteiger partial charge in [0.05, 0.1) is 5.56 Å². The molecule has 0 spiro atoms. The number of halogens is 1. The zero-order valence-electron chi connectivity index (χ0n) is 13.4.